The number of fused-ring (bicyclic) bond motifs is 1. The van der Waals surface area contributed by atoms with Crippen molar-refractivity contribution in [3.63, 3.8) is 0 Å². The summed E-state index contributed by atoms with van der Waals surface area (Å²) in [5.41, 5.74) is 3.31. The Morgan fingerprint density at radius 3 is 3.00 bits per heavy atom. The Morgan fingerprint density at radius 1 is 1.30 bits per heavy atom. The molecule has 1 aromatic heterocycles. The molecule has 1 unspecified atom stereocenters. The van der Waals surface area contributed by atoms with E-state index in [0.717, 1.165) is 43.2 Å². The van der Waals surface area contributed by atoms with Gasteiger partial charge in [-0.15, -0.1) is 0 Å². The van der Waals surface area contributed by atoms with Crippen molar-refractivity contribution in [2.24, 2.45) is 5.92 Å². The summed E-state index contributed by atoms with van der Waals surface area (Å²) in [7, 11) is 0. The number of nitrogens with zero attached hydrogens (tertiary/aromatic N) is 3. The van der Waals surface area contributed by atoms with Gasteiger partial charge in [-0.3, -0.25) is 0 Å². The zero-order valence-electron chi connectivity index (χ0n) is 12.4. The van der Waals surface area contributed by atoms with Gasteiger partial charge in [-0.05, 0) is 56.1 Å². The number of hydrogen-bond donors (Lipinski definition) is 0. The maximum absolute atomic E-state index is 9.43. The molecule has 20 heavy (non-hydrogen) atoms. The monoisotopic (exact) mass is 269 g/mol. The van der Waals surface area contributed by atoms with Gasteiger partial charge in [-0.1, -0.05) is 13.3 Å². The van der Waals surface area contributed by atoms with Crippen LogP contribution < -0.4 is 4.90 Å². The standard InChI is InChI=1S/C17H23N3/c1-2-13-5-4-9-20(10-8-13)17-15(12-18)11-14-6-3-7-16(14)19-17/h11,13H,2-10H2,1H3. The van der Waals surface area contributed by atoms with Gasteiger partial charge in [0.05, 0.1) is 5.56 Å². The Bertz CT molecular complexity index is 530. The average Bonchev–Trinajstić information content (AvgIpc) is 2.80. The Kier molecular flexibility index (Phi) is 3.91. The molecule has 2 aliphatic rings. The maximum atomic E-state index is 9.43. The van der Waals surface area contributed by atoms with E-state index < -0.39 is 0 Å². The molecule has 0 saturated carbocycles. The predicted molar refractivity (Wildman–Crippen MR) is 80.8 cm³/mol. The number of anilines is 1. The highest BCUT2D eigenvalue weighted by atomic mass is 15.2. The number of nitriles is 1. The normalized spacial score (nSPS) is 22.2. The lowest BCUT2D eigenvalue weighted by Crippen LogP contribution is -2.26. The zero-order chi connectivity index (χ0) is 13.9. The first-order chi connectivity index (χ1) is 9.81. The fourth-order valence-electron chi connectivity index (χ4n) is 3.57. The average molecular weight is 269 g/mol. The molecule has 0 amide bonds. The molecular formula is C17H23N3. The van der Waals surface area contributed by atoms with Crippen molar-refractivity contribution >= 4 is 5.82 Å². The molecule has 3 heteroatoms. The smallest absolute Gasteiger partial charge is 0.146 e. The number of rotatable bonds is 2. The van der Waals surface area contributed by atoms with Crippen LogP contribution in [0.2, 0.25) is 0 Å². The number of pyridine rings is 1. The second kappa shape index (κ2) is 5.83. The van der Waals surface area contributed by atoms with Crippen LogP contribution in [-0.4, -0.2) is 18.1 Å². The van der Waals surface area contributed by atoms with Gasteiger partial charge in [0.1, 0.15) is 11.9 Å². The van der Waals surface area contributed by atoms with Crippen LogP contribution in [0.15, 0.2) is 6.07 Å². The fraction of sp³-hybridized carbons (Fsp3) is 0.647. The third-order valence-corrected chi connectivity index (χ3v) is 4.88. The molecular weight excluding hydrogens is 246 g/mol. The second-order valence-corrected chi connectivity index (χ2v) is 6.12. The topological polar surface area (TPSA) is 39.9 Å². The van der Waals surface area contributed by atoms with Crippen molar-refractivity contribution in [3.05, 3.63) is 22.9 Å². The highest BCUT2D eigenvalue weighted by molar-refractivity contribution is 5.56. The van der Waals surface area contributed by atoms with Crippen LogP contribution in [0.5, 0.6) is 0 Å². The van der Waals surface area contributed by atoms with Gasteiger partial charge in [-0.2, -0.15) is 5.26 Å². The van der Waals surface area contributed by atoms with E-state index in [4.69, 9.17) is 4.98 Å². The van der Waals surface area contributed by atoms with Gasteiger partial charge < -0.3 is 4.90 Å². The third-order valence-electron chi connectivity index (χ3n) is 4.88. The third kappa shape index (κ3) is 2.52. The molecule has 2 heterocycles. The first-order valence-electron chi connectivity index (χ1n) is 7.99. The van der Waals surface area contributed by atoms with E-state index in [-0.39, 0.29) is 0 Å². The number of aryl methyl sites for hydroxylation is 2. The van der Waals surface area contributed by atoms with Gasteiger partial charge in [0.2, 0.25) is 0 Å². The first kappa shape index (κ1) is 13.4. The van der Waals surface area contributed by atoms with Crippen molar-refractivity contribution < 1.29 is 0 Å². The molecule has 1 aliphatic heterocycles. The van der Waals surface area contributed by atoms with E-state index in [1.54, 1.807) is 0 Å². The summed E-state index contributed by atoms with van der Waals surface area (Å²) in [5.74, 6) is 1.80. The molecule has 1 fully saturated rings. The SMILES string of the molecule is CCC1CCCN(c2nc3c(cc2C#N)CCC3)CC1. The molecule has 3 nitrogen and oxygen atoms in total. The van der Waals surface area contributed by atoms with E-state index in [1.807, 2.05) is 0 Å². The Labute approximate surface area is 121 Å². The highest BCUT2D eigenvalue weighted by Gasteiger charge is 2.22. The van der Waals surface area contributed by atoms with Crippen molar-refractivity contribution in [3.8, 4) is 6.07 Å². The zero-order valence-corrected chi connectivity index (χ0v) is 12.4. The van der Waals surface area contributed by atoms with Crippen molar-refractivity contribution in [2.45, 2.75) is 51.9 Å². The molecule has 1 atom stereocenters. The summed E-state index contributed by atoms with van der Waals surface area (Å²) in [4.78, 5) is 7.20. The van der Waals surface area contributed by atoms with Crippen LogP contribution in [-0.2, 0) is 12.8 Å². The molecule has 0 aromatic carbocycles. The van der Waals surface area contributed by atoms with Crippen LogP contribution in [0, 0.1) is 17.2 Å². The summed E-state index contributed by atoms with van der Waals surface area (Å²) in [5, 5.41) is 9.43. The van der Waals surface area contributed by atoms with Crippen molar-refractivity contribution in [1.29, 1.82) is 5.26 Å². The minimum absolute atomic E-state index is 0.778. The summed E-state index contributed by atoms with van der Waals surface area (Å²) in [6, 6.07) is 4.45. The lowest BCUT2D eigenvalue weighted by Gasteiger charge is -2.23. The Hall–Kier alpha value is -1.56. The Morgan fingerprint density at radius 2 is 2.20 bits per heavy atom. The quantitative estimate of drug-likeness (QED) is 0.825. The largest absolute Gasteiger partial charge is 0.356 e. The molecule has 1 saturated heterocycles. The molecule has 1 aromatic rings. The first-order valence-corrected chi connectivity index (χ1v) is 7.99. The van der Waals surface area contributed by atoms with Crippen molar-refractivity contribution in [2.75, 3.05) is 18.0 Å². The summed E-state index contributed by atoms with van der Waals surface area (Å²) < 4.78 is 0. The van der Waals surface area contributed by atoms with E-state index >= 15 is 0 Å². The second-order valence-electron chi connectivity index (χ2n) is 6.12. The van der Waals surface area contributed by atoms with Gasteiger partial charge in [0.25, 0.3) is 0 Å². The van der Waals surface area contributed by atoms with E-state index in [0.29, 0.717) is 0 Å². The molecule has 106 valence electrons. The summed E-state index contributed by atoms with van der Waals surface area (Å²) >= 11 is 0. The summed E-state index contributed by atoms with van der Waals surface area (Å²) in [6.07, 6.45) is 8.42. The lowest BCUT2D eigenvalue weighted by molar-refractivity contribution is 0.459. The fourth-order valence-corrected chi connectivity index (χ4v) is 3.57. The van der Waals surface area contributed by atoms with Gasteiger partial charge in [0, 0.05) is 18.8 Å². The molecule has 3 rings (SSSR count). The predicted octanol–water partition coefficient (Wildman–Crippen LogP) is 3.46. The van der Waals surface area contributed by atoms with Crippen LogP contribution >= 0.6 is 0 Å². The van der Waals surface area contributed by atoms with E-state index in [2.05, 4.69) is 24.0 Å². The van der Waals surface area contributed by atoms with Gasteiger partial charge in [-0.25, -0.2) is 4.98 Å². The van der Waals surface area contributed by atoms with Gasteiger partial charge in [0.15, 0.2) is 0 Å². The minimum atomic E-state index is 0.778. The van der Waals surface area contributed by atoms with Crippen molar-refractivity contribution in [1.82, 2.24) is 4.98 Å². The highest BCUT2D eigenvalue weighted by Crippen LogP contribution is 2.29. The molecule has 0 N–H and O–H groups in total. The molecule has 0 bridgehead atoms. The van der Waals surface area contributed by atoms with Crippen LogP contribution in [0.1, 0.15) is 55.8 Å². The summed E-state index contributed by atoms with van der Waals surface area (Å²) in [6.45, 7) is 4.39. The molecule has 0 spiro atoms. The maximum Gasteiger partial charge on any atom is 0.146 e. The molecule has 1 aliphatic carbocycles. The van der Waals surface area contributed by atoms with Gasteiger partial charge >= 0.3 is 0 Å². The van der Waals surface area contributed by atoms with Crippen LogP contribution in [0.4, 0.5) is 5.82 Å². The van der Waals surface area contributed by atoms with Crippen LogP contribution in [0.25, 0.3) is 0 Å². The number of hydrogen-bond acceptors (Lipinski definition) is 3. The molecule has 0 radical (unpaired) electrons. The minimum Gasteiger partial charge on any atom is -0.356 e. The lowest BCUT2D eigenvalue weighted by atomic mass is 9.98. The van der Waals surface area contributed by atoms with E-state index in [9.17, 15) is 5.26 Å². The number of aromatic nitrogens is 1. The Balaban J connectivity index is 1.88. The van der Waals surface area contributed by atoms with Crippen LogP contribution in [0.3, 0.4) is 0 Å². The van der Waals surface area contributed by atoms with E-state index in [1.165, 1.54) is 43.4 Å².